The zero-order valence-electron chi connectivity index (χ0n) is 15.7. The molecule has 1 aliphatic carbocycles. The second-order valence-corrected chi connectivity index (χ2v) is 6.99. The summed E-state index contributed by atoms with van der Waals surface area (Å²) in [6, 6.07) is 14.9. The van der Waals surface area contributed by atoms with Crippen molar-refractivity contribution >= 4 is 28.2 Å². The van der Waals surface area contributed by atoms with E-state index in [2.05, 4.69) is 22.7 Å². The molecule has 0 fully saturated rings. The van der Waals surface area contributed by atoms with Gasteiger partial charge in [-0.1, -0.05) is 18.2 Å². The Kier molecular flexibility index (Phi) is 4.83. The monoisotopic (exact) mass is 385 g/mol. The third-order valence-electron chi connectivity index (χ3n) is 5.05. The van der Waals surface area contributed by atoms with Gasteiger partial charge in [0.1, 0.15) is 11.7 Å². The average molecular weight is 385 g/mol. The molecule has 0 saturated heterocycles. The van der Waals surface area contributed by atoms with E-state index in [1.54, 1.807) is 24.3 Å². The van der Waals surface area contributed by atoms with E-state index in [1.165, 1.54) is 24.0 Å². The van der Waals surface area contributed by atoms with Gasteiger partial charge >= 0.3 is 5.63 Å². The maximum Gasteiger partial charge on any atom is 0.344 e. The fourth-order valence-electron chi connectivity index (χ4n) is 3.55. The number of nitrogens with two attached hydrogens (primary N) is 1. The van der Waals surface area contributed by atoms with Crippen LogP contribution in [-0.4, -0.2) is 11.5 Å². The summed E-state index contributed by atoms with van der Waals surface area (Å²) >= 11 is 0. The molecule has 0 spiro atoms. The SMILES string of the molecule is N#C/C(=N\Nc1ccc2cc(-c3ccc4c(c3)CCCC4)c(=O)oc2c1)C(=N)N. The van der Waals surface area contributed by atoms with Crippen molar-refractivity contribution in [3.8, 4) is 17.2 Å². The van der Waals surface area contributed by atoms with Gasteiger partial charge in [0.15, 0.2) is 5.84 Å². The van der Waals surface area contributed by atoms with Gasteiger partial charge in [-0.25, -0.2) is 4.79 Å². The van der Waals surface area contributed by atoms with E-state index in [1.807, 2.05) is 12.1 Å². The molecular weight excluding hydrogens is 366 g/mol. The zero-order chi connectivity index (χ0) is 20.4. The number of hydrogen-bond donors (Lipinski definition) is 3. The number of hydrazone groups is 1. The molecule has 0 unspecified atom stereocenters. The first-order valence-electron chi connectivity index (χ1n) is 9.33. The Hall–Kier alpha value is -3.92. The number of anilines is 1. The van der Waals surface area contributed by atoms with Crippen LogP contribution in [0, 0.1) is 16.7 Å². The third kappa shape index (κ3) is 3.73. The Morgan fingerprint density at radius 2 is 1.93 bits per heavy atom. The number of rotatable bonds is 4. The van der Waals surface area contributed by atoms with E-state index < -0.39 is 11.5 Å². The Morgan fingerprint density at radius 3 is 2.69 bits per heavy atom. The van der Waals surface area contributed by atoms with Gasteiger partial charge in [0, 0.05) is 11.5 Å². The number of amidine groups is 1. The highest BCUT2D eigenvalue weighted by molar-refractivity contribution is 6.45. The standard InChI is InChI=1S/C22H19N5O2/c23-12-19(21(24)25)27-26-17-8-7-16-10-18(22(28)29-20(16)11-17)15-6-5-13-3-1-2-4-14(13)9-15/h5-11,26H,1-4H2,(H3,24,25)/b27-19+. The molecule has 0 amide bonds. The Morgan fingerprint density at radius 1 is 1.14 bits per heavy atom. The van der Waals surface area contributed by atoms with Crippen molar-refractivity contribution in [3.05, 3.63) is 64.0 Å². The summed E-state index contributed by atoms with van der Waals surface area (Å²) in [4.78, 5) is 12.6. The first kappa shape index (κ1) is 18.4. The molecule has 4 N–H and O–H groups in total. The van der Waals surface area contributed by atoms with Crippen LogP contribution in [-0.2, 0) is 12.8 Å². The predicted octanol–water partition coefficient (Wildman–Crippen LogP) is 3.57. The van der Waals surface area contributed by atoms with Crippen molar-refractivity contribution in [2.24, 2.45) is 10.8 Å². The van der Waals surface area contributed by atoms with Crippen LogP contribution >= 0.6 is 0 Å². The molecule has 1 heterocycles. The maximum atomic E-state index is 12.6. The second kappa shape index (κ2) is 7.60. The van der Waals surface area contributed by atoms with Gasteiger partial charge < -0.3 is 10.2 Å². The summed E-state index contributed by atoms with van der Waals surface area (Å²) in [5, 5.41) is 20.7. The van der Waals surface area contributed by atoms with Crippen LogP contribution in [0.3, 0.4) is 0 Å². The summed E-state index contributed by atoms with van der Waals surface area (Å²) in [7, 11) is 0. The minimum Gasteiger partial charge on any atom is -0.422 e. The minimum atomic E-state index is -0.429. The Balaban J connectivity index is 1.69. The van der Waals surface area contributed by atoms with Crippen LogP contribution in [0.15, 0.2) is 56.8 Å². The lowest BCUT2D eigenvalue weighted by Gasteiger charge is -2.16. The summed E-state index contributed by atoms with van der Waals surface area (Å²) in [5.41, 5.74) is 12.3. The number of nitrogens with zero attached hydrogens (tertiary/aromatic N) is 2. The van der Waals surface area contributed by atoms with Gasteiger partial charge in [-0.2, -0.15) is 10.4 Å². The van der Waals surface area contributed by atoms with Crippen molar-refractivity contribution in [2.75, 3.05) is 5.43 Å². The van der Waals surface area contributed by atoms with E-state index in [9.17, 15) is 4.79 Å². The van der Waals surface area contributed by atoms with E-state index in [0.29, 0.717) is 16.8 Å². The number of nitriles is 1. The van der Waals surface area contributed by atoms with E-state index in [0.717, 1.165) is 23.8 Å². The zero-order valence-corrected chi connectivity index (χ0v) is 15.7. The van der Waals surface area contributed by atoms with E-state index >= 15 is 0 Å². The first-order chi connectivity index (χ1) is 14.0. The molecule has 4 rings (SSSR count). The van der Waals surface area contributed by atoms with Crippen LogP contribution in [0.2, 0.25) is 0 Å². The molecule has 1 aliphatic rings. The highest BCUT2D eigenvalue weighted by atomic mass is 16.4. The molecule has 7 nitrogen and oxygen atoms in total. The van der Waals surface area contributed by atoms with Crippen molar-refractivity contribution in [3.63, 3.8) is 0 Å². The topological polar surface area (TPSA) is 128 Å². The van der Waals surface area contributed by atoms with Gasteiger partial charge in [0.25, 0.3) is 0 Å². The molecule has 0 saturated carbocycles. The van der Waals surface area contributed by atoms with Crippen molar-refractivity contribution < 1.29 is 4.42 Å². The quantitative estimate of drug-likeness (QED) is 0.274. The lowest BCUT2D eigenvalue weighted by atomic mass is 9.89. The molecule has 2 aromatic carbocycles. The summed E-state index contributed by atoms with van der Waals surface area (Å²) in [6.07, 6.45) is 4.53. The molecule has 1 aromatic heterocycles. The van der Waals surface area contributed by atoms with Crippen LogP contribution < -0.4 is 16.8 Å². The molecule has 0 aliphatic heterocycles. The Labute approximate surface area is 167 Å². The fourth-order valence-corrected chi connectivity index (χ4v) is 3.55. The number of hydrogen-bond acceptors (Lipinski definition) is 6. The molecule has 0 radical (unpaired) electrons. The normalized spacial score (nSPS) is 13.6. The molecule has 0 bridgehead atoms. The van der Waals surface area contributed by atoms with Crippen LogP contribution in [0.5, 0.6) is 0 Å². The molecule has 144 valence electrons. The fraction of sp³-hybridized carbons (Fsp3) is 0.182. The predicted molar refractivity (Wildman–Crippen MR) is 113 cm³/mol. The molecule has 3 aromatic rings. The smallest absolute Gasteiger partial charge is 0.344 e. The number of benzene rings is 2. The highest BCUT2D eigenvalue weighted by Crippen LogP contribution is 2.28. The lowest BCUT2D eigenvalue weighted by Crippen LogP contribution is -2.21. The number of nitrogens with one attached hydrogen (secondary N) is 2. The van der Waals surface area contributed by atoms with Crippen LogP contribution in [0.25, 0.3) is 22.1 Å². The summed E-state index contributed by atoms with van der Waals surface area (Å²) in [6.45, 7) is 0. The summed E-state index contributed by atoms with van der Waals surface area (Å²) in [5.74, 6) is -0.429. The van der Waals surface area contributed by atoms with Gasteiger partial charge in [-0.15, -0.1) is 0 Å². The average Bonchev–Trinajstić information content (AvgIpc) is 2.73. The second-order valence-electron chi connectivity index (χ2n) is 6.99. The maximum absolute atomic E-state index is 12.6. The molecular formula is C22H19N5O2. The molecule has 7 heteroatoms. The van der Waals surface area contributed by atoms with Gasteiger partial charge in [0.05, 0.1) is 11.3 Å². The van der Waals surface area contributed by atoms with Crippen molar-refractivity contribution in [1.82, 2.24) is 0 Å². The van der Waals surface area contributed by atoms with E-state index in [-0.39, 0.29) is 5.71 Å². The van der Waals surface area contributed by atoms with Crippen LogP contribution in [0.4, 0.5) is 5.69 Å². The van der Waals surface area contributed by atoms with Gasteiger partial charge in [-0.3, -0.25) is 10.8 Å². The number of aryl methyl sites for hydroxylation is 2. The van der Waals surface area contributed by atoms with Crippen molar-refractivity contribution in [1.29, 1.82) is 10.7 Å². The van der Waals surface area contributed by atoms with Gasteiger partial charge in [0.2, 0.25) is 5.71 Å². The van der Waals surface area contributed by atoms with Gasteiger partial charge in [-0.05, 0) is 60.6 Å². The molecule has 29 heavy (non-hydrogen) atoms. The summed E-state index contributed by atoms with van der Waals surface area (Å²) < 4.78 is 5.54. The van der Waals surface area contributed by atoms with Crippen LogP contribution in [0.1, 0.15) is 24.0 Å². The van der Waals surface area contributed by atoms with E-state index in [4.69, 9.17) is 20.8 Å². The third-order valence-corrected chi connectivity index (χ3v) is 5.05. The van der Waals surface area contributed by atoms with Crippen molar-refractivity contribution in [2.45, 2.75) is 25.7 Å². The minimum absolute atomic E-state index is 0.227. The molecule has 0 atom stereocenters. The number of fused-ring (bicyclic) bond motifs is 2. The highest BCUT2D eigenvalue weighted by Gasteiger charge is 2.13. The first-order valence-corrected chi connectivity index (χ1v) is 9.33. The lowest BCUT2D eigenvalue weighted by molar-refractivity contribution is 0.563. The Bertz CT molecular complexity index is 1250. The largest absolute Gasteiger partial charge is 0.422 e.